The Labute approximate surface area is 172 Å². The van der Waals surface area contributed by atoms with Gasteiger partial charge in [0.05, 0.1) is 31.0 Å². The van der Waals surface area contributed by atoms with Crippen molar-refractivity contribution < 1.29 is 22.7 Å². The van der Waals surface area contributed by atoms with Gasteiger partial charge >= 0.3 is 6.18 Å². The lowest BCUT2D eigenvalue weighted by Crippen LogP contribution is -2.21. The van der Waals surface area contributed by atoms with Crippen molar-refractivity contribution in [2.75, 3.05) is 0 Å². The van der Waals surface area contributed by atoms with Gasteiger partial charge in [-0.05, 0) is 28.6 Å². The molecule has 0 spiro atoms. The number of alkyl halides is 3. The van der Waals surface area contributed by atoms with Crippen LogP contribution < -0.4 is 5.73 Å². The Morgan fingerprint density at radius 2 is 2.06 bits per heavy atom. The van der Waals surface area contributed by atoms with Crippen LogP contribution in [-0.4, -0.2) is 51.3 Å². The molecule has 1 amide bonds. The SMILES string of the molecule is C=CCn1nnnc1-c1cc(C(F)(F)F)nc(COCc2nnn(CC)n2)c1C(N)=O. The molecule has 0 aliphatic rings. The van der Waals surface area contributed by atoms with E-state index in [2.05, 4.69) is 42.5 Å². The number of hydrogen-bond donors (Lipinski definition) is 1. The summed E-state index contributed by atoms with van der Waals surface area (Å²) >= 11 is 0. The summed E-state index contributed by atoms with van der Waals surface area (Å²) in [5.41, 5.74) is 3.36. The van der Waals surface area contributed by atoms with E-state index in [1.807, 2.05) is 0 Å². The van der Waals surface area contributed by atoms with Gasteiger partial charge in [-0.15, -0.1) is 21.9 Å². The Kier molecular flexibility index (Phi) is 6.33. The predicted octanol–water partition coefficient (Wildman–Crippen LogP) is 0.762. The number of ether oxygens (including phenoxy) is 1. The number of nitrogens with zero attached hydrogens (tertiary/aromatic N) is 9. The predicted molar refractivity (Wildman–Crippen MR) is 96.7 cm³/mol. The number of carbonyl (C=O) groups is 1. The van der Waals surface area contributed by atoms with Crippen LogP contribution in [-0.2, 0) is 37.2 Å². The van der Waals surface area contributed by atoms with Gasteiger partial charge in [-0.25, -0.2) is 9.67 Å². The Morgan fingerprint density at radius 3 is 2.68 bits per heavy atom. The van der Waals surface area contributed by atoms with Crippen LogP contribution in [0.4, 0.5) is 13.2 Å². The Morgan fingerprint density at radius 1 is 1.29 bits per heavy atom. The zero-order chi connectivity index (χ0) is 22.6. The number of nitrogens with two attached hydrogens (primary N) is 1. The summed E-state index contributed by atoms with van der Waals surface area (Å²) in [5, 5.41) is 22.4. The minimum absolute atomic E-state index is 0.0921. The van der Waals surface area contributed by atoms with Crippen molar-refractivity contribution >= 4 is 5.91 Å². The molecule has 0 aromatic carbocycles. The van der Waals surface area contributed by atoms with Gasteiger partial charge in [-0.1, -0.05) is 6.08 Å². The average Bonchev–Trinajstić information content (AvgIpc) is 3.36. The van der Waals surface area contributed by atoms with Gasteiger partial charge < -0.3 is 10.5 Å². The lowest BCUT2D eigenvalue weighted by atomic mass is 10.0. The standard InChI is InChI=1S/C16H17F3N10O2/c1-3-5-28-15(23-25-27-28)9-6-11(16(17,18)19)21-10(13(9)14(20)30)7-31-8-12-22-26-29(4-2)24-12/h3,6H,1,4-5,7-8H2,2H3,(H2,20,30). The highest BCUT2D eigenvalue weighted by molar-refractivity contribution is 6.00. The fourth-order valence-corrected chi connectivity index (χ4v) is 2.65. The van der Waals surface area contributed by atoms with Gasteiger partial charge in [0.15, 0.2) is 11.6 Å². The van der Waals surface area contributed by atoms with Crippen LogP contribution in [0.2, 0.25) is 0 Å². The number of aromatic nitrogens is 9. The number of aryl methyl sites for hydroxylation is 1. The number of allylic oxidation sites excluding steroid dienone is 1. The molecule has 3 rings (SSSR count). The molecular formula is C16H17F3N10O2. The molecule has 164 valence electrons. The molecule has 0 fully saturated rings. The molecule has 0 saturated carbocycles. The summed E-state index contributed by atoms with van der Waals surface area (Å²) in [5.74, 6) is -0.905. The molecule has 0 atom stereocenters. The number of tetrazole rings is 2. The van der Waals surface area contributed by atoms with Crippen LogP contribution in [0, 0.1) is 0 Å². The van der Waals surface area contributed by atoms with E-state index in [0.717, 1.165) is 0 Å². The molecule has 0 unspecified atom stereocenters. The number of rotatable bonds is 9. The van der Waals surface area contributed by atoms with Crippen molar-refractivity contribution in [3.8, 4) is 11.4 Å². The highest BCUT2D eigenvalue weighted by atomic mass is 19.4. The first-order chi connectivity index (χ1) is 14.7. The van der Waals surface area contributed by atoms with Crippen LogP contribution in [0.15, 0.2) is 18.7 Å². The number of hydrogen-bond acceptors (Lipinski definition) is 9. The van der Waals surface area contributed by atoms with E-state index in [1.165, 1.54) is 15.6 Å². The molecule has 0 aliphatic carbocycles. The number of pyridine rings is 1. The smallest absolute Gasteiger partial charge is 0.367 e. The fraction of sp³-hybridized carbons (Fsp3) is 0.375. The van der Waals surface area contributed by atoms with E-state index in [4.69, 9.17) is 10.5 Å². The zero-order valence-electron chi connectivity index (χ0n) is 16.2. The third-order valence-electron chi connectivity index (χ3n) is 3.95. The second-order valence-electron chi connectivity index (χ2n) is 6.10. The highest BCUT2D eigenvalue weighted by Gasteiger charge is 2.36. The van der Waals surface area contributed by atoms with Gasteiger partial charge in [0.1, 0.15) is 12.3 Å². The van der Waals surface area contributed by atoms with Crippen molar-refractivity contribution in [2.45, 2.75) is 39.4 Å². The fourth-order valence-electron chi connectivity index (χ4n) is 2.65. The first kappa shape index (κ1) is 21.9. The molecule has 0 saturated heterocycles. The van der Waals surface area contributed by atoms with E-state index >= 15 is 0 Å². The van der Waals surface area contributed by atoms with Gasteiger partial charge in [-0.3, -0.25) is 4.79 Å². The summed E-state index contributed by atoms with van der Waals surface area (Å²) in [6, 6.07) is 0.670. The van der Waals surface area contributed by atoms with E-state index < -0.39 is 24.4 Å². The molecule has 3 aromatic rings. The summed E-state index contributed by atoms with van der Waals surface area (Å²) in [6.07, 6.45) is -3.36. The zero-order valence-corrected chi connectivity index (χ0v) is 16.2. The van der Waals surface area contributed by atoms with Crippen molar-refractivity contribution in [1.82, 2.24) is 45.4 Å². The minimum atomic E-state index is -4.80. The second-order valence-corrected chi connectivity index (χ2v) is 6.10. The van der Waals surface area contributed by atoms with E-state index in [1.54, 1.807) is 6.92 Å². The van der Waals surface area contributed by atoms with Crippen molar-refractivity contribution in [2.24, 2.45) is 5.73 Å². The average molecular weight is 438 g/mol. The number of carbonyl (C=O) groups excluding carboxylic acids is 1. The van der Waals surface area contributed by atoms with Crippen molar-refractivity contribution in [1.29, 1.82) is 0 Å². The van der Waals surface area contributed by atoms with Gasteiger partial charge in [0, 0.05) is 5.56 Å². The molecule has 0 aliphatic heterocycles. The minimum Gasteiger partial charge on any atom is -0.367 e. The summed E-state index contributed by atoms with van der Waals surface area (Å²) in [6.45, 7) is 5.28. The number of halogens is 3. The maximum absolute atomic E-state index is 13.5. The van der Waals surface area contributed by atoms with Crippen molar-refractivity contribution in [3.05, 3.63) is 41.5 Å². The van der Waals surface area contributed by atoms with Crippen LogP contribution in [0.5, 0.6) is 0 Å². The Balaban J connectivity index is 2.02. The normalized spacial score (nSPS) is 11.6. The lowest BCUT2D eigenvalue weighted by molar-refractivity contribution is -0.141. The second kappa shape index (κ2) is 8.95. The molecule has 15 heteroatoms. The maximum atomic E-state index is 13.5. The number of amides is 1. The third kappa shape index (κ3) is 4.88. The summed E-state index contributed by atoms with van der Waals surface area (Å²) in [7, 11) is 0. The van der Waals surface area contributed by atoms with Gasteiger partial charge in [0.2, 0.25) is 0 Å². The topological polar surface area (TPSA) is 152 Å². The van der Waals surface area contributed by atoms with Crippen LogP contribution >= 0.6 is 0 Å². The summed E-state index contributed by atoms with van der Waals surface area (Å²) in [4.78, 5) is 17.0. The monoisotopic (exact) mass is 438 g/mol. The van der Waals surface area contributed by atoms with Crippen LogP contribution in [0.25, 0.3) is 11.4 Å². The largest absolute Gasteiger partial charge is 0.433 e. The first-order valence-corrected chi connectivity index (χ1v) is 8.87. The van der Waals surface area contributed by atoms with E-state index in [9.17, 15) is 18.0 Å². The number of primary amides is 1. The molecule has 0 bridgehead atoms. The molecule has 2 N–H and O–H groups in total. The molecular weight excluding hydrogens is 421 g/mol. The summed E-state index contributed by atoms with van der Waals surface area (Å²) < 4.78 is 47.0. The van der Waals surface area contributed by atoms with E-state index in [0.29, 0.717) is 12.6 Å². The maximum Gasteiger partial charge on any atom is 0.433 e. The van der Waals surface area contributed by atoms with Crippen LogP contribution in [0.1, 0.15) is 34.5 Å². The van der Waals surface area contributed by atoms with Crippen molar-refractivity contribution in [3.63, 3.8) is 0 Å². The van der Waals surface area contributed by atoms with Gasteiger partial charge in [0.25, 0.3) is 5.91 Å². The molecule has 3 aromatic heterocycles. The third-order valence-corrected chi connectivity index (χ3v) is 3.95. The molecule has 31 heavy (non-hydrogen) atoms. The quantitative estimate of drug-likeness (QED) is 0.477. The molecule has 0 radical (unpaired) electrons. The first-order valence-electron chi connectivity index (χ1n) is 8.87. The Hall–Kier alpha value is -3.75. The highest BCUT2D eigenvalue weighted by Crippen LogP contribution is 2.33. The molecule has 3 heterocycles. The Bertz CT molecular complexity index is 1090. The molecule has 12 nitrogen and oxygen atoms in total. The van der Waals surface area contributed by atoms with E-state index in [-0.39, 0.29) is 41.6 Å². The van der Waals surface area contributed by atoms with Crippen LogP contribution in [0.3, 0.4) is 0 Å². The lowest BCUT2D eigenvalue weighted by Gasteiger charge is -2.15. The van der Waals surface area contributed by atoms with Gasteiger partial charge in [-0.2, -0.15) is 18.0 Å².